The van der Waals surface area contributed by atoms with Crippen molar-refractivity contribution in [3.8, 4) is 0 Å². The van der Waals surface area contributed by atoms with Crippen LogP contribution >= 0.6 is 11.3 Å². The number of aromatic nitrogens is 2. The molecule has 2 heterocycles. The number of benzene rings is 1. The van der Waals surface area contributed by atoms with Gasteiger partial charge in [0, 0.05) is 17.1 Å². The third kappa shape index (κ3) is 4.58. The molecule has 0 saturated heterocycles. The molecule has 2 aromatic heterocycles. The summed E-state index contributed by atoms with van der Waals surface area (Å²) in [5.41, 5.74) is 0.276. The Hall–Kier alpha value is -3.27. The minimum Gasteiger partial charge on any atom is -0.465 e. The van der Waals surface area contributed by atoms with Gasteiger partial charge in [0.2, 0.25) is 5.91 Å². The predicted octanol–water partition coefficient (Wildman–Crippen LogP) is 5.21. The van der Waals surface area contributed by atoms with Gasteiger partial charge in [-0.15, -0.1) is 0 Å². The molecule has 1 aliphatic carbocycles. The van der Waals surface area contributed by atoms with E-state index in [1.165, 1.54) is 29.5 Å². The largest absolute Gasteiger partial charge is 0.465 e. The number of anilines is 4. The Morgan fingerprint density at radius 1 is 1.19 bits per heavy atom. The van der Waals surface area contributed by atoms with Gasteiger partial charge in [0.1, 0.15) is 22.0 Å². The molecule has 3 N–H and O–H groups in total. The zero-order chi connectivity index (χ0) is 22.3. The summed E-state index contributed by atoms with van der Waals surface area (Å²) in [6.45, 7) is 5.08. The number of halogens is 1. The van der Waals surface area contributed by atoms with E-state index in [1.807, 2.05) is 0 Å². The van der Waals surface area contributed by atoms with Crippen LogP contribution in [0.1, 0.15) is 33.6 Å². The first kappa shape index (κ1) is 21.0. The van der Waals surface area contributed by atoms with Gasteiger partial charge in [0.15, 0.2) is 5.13 Å². The second-order valence-electron chi connectivity index (χ2n) is 8.38. The fraction of sp³-hybridized carbons (Fsp3) is 0.333. The van der Waals surface area contributed by atoms with E-state index < -0.39 is 17.4 Å². The highest BCUT2D eigenvalue weighted by Crippen LogP contribution is 2.33. The second-order valence-corrected chi connectivity index (χ2v) is 9.36. The van der Waals surface area contributed by atoms with Crippen LogP contribution in [0.2, 0.25) is 0 Å². The molecular weight excluding hydrogens is 421 g/mol. The molecule has 3 aromatic rings. The SMILES string of the molecule is CC(C)(C)N(C(=O)O)c1cc(Nc2ccc3nc(NC(=O)C4CC4)sc3n2)ccc1F. The Labute approximate surface area is 182 Å². The highest BCUT2D eigenvalue weighted by Gasteiger charge is 2.31. The minimum absolute atomic E-state index is 0.0157. The molecule has 0 aliphatic heterocycles. The molecule has 0 spiro atoms. The number of nitrogens with zero attached hydrogens (tertiary/aromatic N) is 3. The molecule has 1 aliphatic rings. The summed E-state index contributed by atoms with van der Waals surface area (Å²) in [6, 6.07) is 7.67. The molecule has 0 unspecified atom stereocenters. The predicted molar refractivity (Wildman–Crippen MR) is 119 cm³/mol. The van der Waals surface area contributed by atoms with Crippen LogP contribution in [0.25, 0.3) is 10.3 Å². The van der Waals surface area contributed by atoms with Crippen molar-refractivity contribution in [3.63, 3.8) is 0 Å². The van der Waals surface area contributed by atoms with Crippen molar-refractivity contribution in [2.24, 2.45) is 5.92 Å². The van der Waals surface area contributed by atoms with Gasteiger partial charge in [-0.1, -0.05) is 11.3 Å². The quantitative estimate of drug-likeness (QED) is 0.500. The van der Waals surface area contributed by atoms with Crippen LogP contribution in [-0.4, -0.2) is 32.6 Å². The number of hydrogen-bond donors (Lipinski definition) is 3. The van der Waals surface area contributed by atoms with Crippen LogP contribution in [0, 0.1) is 11.7 Å². The van der Waals surface area contributed by atoms with Gasteiger partial charge in [-0.05, 0) is 63.9 Å². The van der Waals surface area contributed by atoms with E-state index in [0.717, 1.165) is 17.7 Å². The maximum absolute atomic E-state index is 14.4. The Kier molecular flexibility index (Phi) is 5.26. The number of carboxylic acid groups (broad SMARTS) is 1. The number of fused-ring (bicyclic) bond motifs is 1. The summed E-state index contributed by atoms with van der Waals surface area (Å²) < 4.78 is 14.4. The number of carbonyl (C=O) groups is 2. The third-order valence-corrected chi connectivity index (χ3v) is 5.64. The number of nitrogens with one attached hydrogen (secondary N) is 2. The van der Waals surface area contributed by atoms with Crippen molar-refractivity contribution < 1.29 is 19.1 Å². The van der Waals surface area contributed by atoms with Crippen molar-refractivity contribution in [2.45, 2.75) is 39.2 Å². The average Bonchev–Trinajstić information content (AvgIpc) is 3.44. The Morgan fingerprint density at radius 2 is 1.94 bits per heavy atom. The van der Waals surface area contributed by atoms with Gasteiger partial charge in [0.25, 0.3) is 0 Å². The molecule has 1 saturated carbocycles. The van der Waals surface area contributed by atoms with E-state index in [1.54, 1.807) is 32.9 Å². The van der Waals surface area contributed by atoms with Crippen molar-refractivity contribution in [2.75, 3.05) is 15.5 Å². The lowest BCUT2D eigenvalue weighted by molar-refractivity contribution is -0.117. The van der Waals surface area contributed by atoms with E-state index in [4.69, 9.17) is 0 Å². The molecule has 0 atom stereocenters. The van der Waals surface area contributed by atoms with Crippen LogP contribution in [0.4, 0.5) is 31.5 Å². The molecule has 1 fully saturated rings. The van der Waals surface area contributed by atoms with Crippen molar-refractivity contribution in [1.29, 1.82) is 0 Å². The molecule has 31 heavy (non-hydrogen) atoms. The molecule has 0 bridgehead atoms. The maximum atomic E-state index is 14.4. The minimum atomic E-state index is -1.24. The fourth-order valence-corrected chi connectivity index (χ4v) is 4.00. The van der Waals surface area contributed by atoms with Gasteiger partial charge in [-0.3, -0.25) is 9.69 Å². The van der Waals surface area contributed by atoms with Gasteiger partial charge in [-0.25, -0.2) is 19.2 Å². The Balaban J connectivity index is 1.58. The number of carbonyl (C=O) groups excluding carboxylic acids is 1. The molecule has 0 radical (unpaired) electrons. The molecule has 162 valence electrons. The topological polar surface area (TPSA) is 107 Å². The van der Waals surface area contributed by atoms with Gasteiger partial charge in [-0.2, -0.15) is 0 Å². The van der Waals surface area contributed by atoms with E-state index in [9.17, 15) is 19.1 Å². The maximum Gasteiger partial charge on any atom is 0.412 e. The van der Waals surface area contributed by atoms with Gasteiger partial charge >= 0.3 is 6.09 Å². The number of amides is 2. The molecule has 2 amide bonds. The first-order valence-corrected chi connectivity index (χ1v) is 10.6. The van der Waals surface area contributed by atoms with E-state index in [2.05, 4.69) is 20.6 Å². The van der Waals surface area contributed by atoms with Gasteiger partial charge < -0.3 is 15.7 Å². The molecular formula is C21H22FN5O3S. The lowest BCUT2D eigenvalue weighted by atomic mass is 10.1. The summed E-state index contributed by atoms with van der Waals surface area (Å²) in [7, 11) is 0. The summed E-state index contributed by atoms with van der Waals surface area (Å²) in [6.07, 6.45) is 0.586. The Morgan fingerprint density at radius 3 is 2.58 bits per heavy atom. The van der Waals surface area contributed by atoms with Crippen molar-refractivity contribution in [3.05, 3.63) is 36.1 Å². The highest BCUT2D eigenvalue weighted by atomic mass is 32.1. The summed E-state index contributed by atoms with van der Waals surface area (Å²) >= 11 is 1.27. The summed E-state index contributed by atoms with van der Waals surface area (Å²) in [5.74, 6) is -0.0717. The lowest BCUT2D eigenvalue weighted by Gasteiger charge is -2.33. The lowest BCUT2D eigenvalue weighted by Crippen LogP contribution is -2.45. The third-order valence-electron chi connectivity index (χ3n) is 4.76. The highest BCUT2D eigenvalue weighted by molar-refractivity contribution is 7.22. The molecule has 10 heteroatoms. The first-order valence-electron chi connectivity index (χ1n) is 9.80. The smallest absolute Gasteiger partial charge is 0.412 e. The molecule has 1 aromatic carbocycles. The van der Waals surface area contributed by atoms with E-state index >= 15 is 0 Å². The molecule has 4 rings (SSSR count). The normalized spacial score (nSPS) is 13.8. The Bertz CT molecular complexity index is 1170. The monoisotopic (exact) mass is 443 g/mol. The fourth-order valence-electron chi connectivity index (χ4n) is 3.15. The number of pyridine rings is 1. The standard InChI is InChI=1S/C21H22FN5O3S/c1-21(2,3)27(20(29)30)15-10-12(6-7-13(15)22)23-16-9-8-14-18(25-16)31-19(24-14)26-17(28)11-4-5-11/h6-11H,4-5H2,1-3H3,(H,23,25)(H,29,30)(H,24,26,28). The number of hydrogen-bond acceptors (Lipinski definition) is 6. The van der Waals surface area contributed by atoms with Crippen LogP contribution < -0.4 is 15.5 Å². The van der Waals surface area contributed by atoms with Crippen LogP contribution in [0.3, 0.4) is 0 Å². The first-order chi connectivity index (χ1) is 14.6. The van der Waals surface area contributed by atoms with E-state index in [-0.39, 0.29) is 17.5 Å². The summed E-state index contributed by atoms with van der Waals surface area (Å²) in [5, 5.41) is 16.0. The van der Waals surface area contributed by atoms with Crippen molar-refractivity contribution >= 4 is 56.0 Å². The van der Waals surface area contributed by atoms with Crippen LogP contribution in [0.5, 0.6) is 0 Å². The van der Waals surface area contributed by atoms with Crippen LogP contribution in [-0.2, 0) is 4.79 Å². The number of thiazole rings is 1. The zero-order valence-electron chi connectivity index (χ0n) is 17.3. The zero-order valence-corrected chi connectivity index (χ0v) is 18.1. The van der Waals surface area contributed by atoms with Crippen molar-refractivity contribution in [1.82, 2.24) is 9.97 Å². The van der Waals surface area contributed by atoms with E-state index in [0.29, 0.717) is 27.0 Å². The summed E-state index contributed by atoms with van der Waals surface area (Å²) in [4.78, 5) is 34.2. The van der Waals surface area contributed by atoms with Crippen LogP contribution in [0.15, 0.2) is 30.3 Å². The average molecular weight is 444 g/mol. The second kappa shape index (κ2) is 7.77. The molecule has 8 nitrogen and oxygen atoms in total. The van der Waals surface area contributed by atoms with Gasteiger partial charge in [0.05, 0.1) is 5.69 Å². The number of rotatable bonds is 5.